The van der Waals surface area contributed by atoms with E-state index >= 15 is 0 Å². The molecule has 170 valence electrons. The molecule has 2 aliphatic heterocycles. The maximum absolute atomic E-state index is 5.52. The zero-order valence-electron chi connectivity index (χ0n) is 18.9. The fraction of sp³-hybridized carbons (Fsp3) is 0.696. The Labute approximate surface area is 200 Å². The maximum atomic E-state index is 5.52. The van der Waals surface area contributed by atoms with Crippen molar-refractivity contribution in [2.75, 3.05) is 66.1 Å². The molecule has 2 heterocycles. The van der Waals surface area contributed by atoms with Crippen LogP contribution in [0.5, 0.6) is 0 Å². The third-order valence-corrected chi connectivity index (χ3v) is 6.38. The van der Waals surface area contributed by atoms with E-state index in [1.165, 1.54) is 12.0 Å². The Morgan fingerprint density at radius 3 is 2.50 bits per heavy atom. The van der Waals surface area contributed by atoms with Crippen LogP contribution in [0.4, 0.5) is 0 Å². The number of aliphatic imine (C=N–C) groups is 1. The Morgan fingerprint density at radius 2 is 1.87 bits per heavy atom. The molecule has 0 saturated carbocycles. The largest absolute Gasteiger partial charge is 0.379 e. The van der Waals surface area contributed by atoms with Gasteiger partial charge in [-0.2, -0.15) is 0 Å². The summed E-state index contributed by atoms with van der Waals surface area (Å²) >= 11 is 0. The van der Waals surface area contributed by atoms with Gasteiger partial charge in [0.25, 0.3) is 0 Å². The van der Waals surface area contributed by atoms with Crippen LogP contribution in [-0.4, -0.2) is 98.8 Å². The van der Waals surface area contributed by atoms with E-state index in [1.54, 1.807) is 0 Å². The van der Waals surface area contributed by atoms with Crippen LogP contribution in [0.25, 0.3) is 0 Å². The van der Waals surface area contributed by atoms with Gasteiger partial charge in [-0.05, 0) is 31.5 Å². The summed E-state index contributed by atoms with van der Waals surface area (Å²) in [4.78, 5) is 12.2. The third-order valence-electron chi connectivity index (χ3n) is 6.38. The smallest absolute Gasteiger partial charge is 0.193 e. The van der Waals surface area contributed by atoms with Crippen LogP contribution in [0, 0.1) is 0 Å². The van der Waals surface area contributed by atoms with Gasteiger partial charge >= 0.3 is 0 Å². The van der Waals surface area contributed by atoms with Gasteiger partial charge in [0.2, 0.25) is 0 Å². The van der Waals surface area contributed by atoms with Crippen molar-refractivity contribution in [3.8, 4) is 0 Å². The van der Waals surface area contributed by atoms with E-state index in [0.29, 0.717) is 12.1 Å². The molecule has 0 aromatic heterocycles. The highest BCUT2D eigenvalue weighted by atomic mass is 127. The molecule has 0 spiro atoms. The zero-order chi connectivity index (χ0) is 20.5. The lowest BCUT2D eigenvalue weighted by molar-refractivity contribution is 0.0194. The molecule has 0 bridgehead atoms. The molecule has 2 saturated heterocycles. The molecule has 1 aromatic rings. The Hall–Kier alpha value is -0.900. The number of likely N-dealkylation sites (tertiary alicyclic amines) is 1. The van der Waals surface area contributed by atoms with Crippen molar-refractivity contribution in [3.05, 3.63) is 35.9 Å². The van der Waals surface area contributed by atoms with E-state index < -0.39 is 0 Å². The van der Waals surface area contributed by atoms with Gasteiger partial charge in [-0.25, -0.2) is 0 Å². The van der Waals surface area contributed by atoms with Gasteiger partial charge in [0, 0.05) is 51.9 Å². The Balaban J connectivity index is 0.00000320. The highest BCUT2D eigenvalue weighted by molar-refractivity contribution is 14.0. The molecule has 30 heavy (non-hydrogen) atoms. The number of benzene rings is 1. The lowest BCUT2D eigenvalue weighted by atomic mass is 10.0. The SMILES string of the molecule is CCN(CC)C(CNC(=NC)N1CCC(N2CCOCC2)C1)Cc1ccccc1.I. The first-order valence-electron chi connectivity index (χ1n) is 11.3. The number of nitrogens with zero attached hydrogens (tertiary/aromatic N) is 4. The predicted octanol–water partition coefficient (Wildman–Crippen LogP) is 2.54. The first-order chi connectivity index (χ1) is 14.2. The Kier molecular flexibility index (Phi) is 11.4. The second-order valence-corrected chi connectivity index (χ2v) is 8.03. The summed E-state index contributed by atoms with van der Waals surface area (Å²) in [7, 11) is 1.91. The summed E-state index contributed by atoms with van der Waals surface area (Å²) < 4.78 is 5.52. The number of guanidine groups is 1. The van der Waals surface area contributed by atoms with Gasteiger partial charge < -0.3 is 15.0 Å². The topological polar surface area (TPSA) is 43.3 Å². The first-order valence-corrected chi connectivity index (χ1v) is 11.3. The van der Waals surface area contributed by atoms with Gasteiger partial charge in [0.05, 0.1) is 13.2 Å². The molecule has 2 unspecified atom stereocenters. The van der Waals surface area contributed by atoms with Gasteiger partial charge in [0.1, 0.15) is 0 Å². The minimum Gasteiger partial charge on any atom is -0.379 e. The monoisotopic (exact) mass is 529 g/mol. The van der Waals surface area contributed by atoms with Crippen molar-refractivity contribution in [1.82, 2.24) is 20.0 Å². The molecular formula is C23H40IN5O. The van der Waals surface area contributed by atoms with Crippen LogP contribution in [-0.2, 0) is 11.2 Å². The molecular weight excluding hydrogens is 489 g/mol. The second-order valence-electron chi connectivity index (χ2n) is 8.03. The standard InChI is InChI=1S/C23H39N5O.HI/c1-4-26(5-2)22(17-20-9-7-6-8-10-20)18-25-23(24-3)28-12-11-21(19-28)27-13-15-29-16-14-27;/h6-10,21-22H,4-5,11-19H2,1-3H3,(H,24,25);1H. The molecule has 0 radical (unpaired) electrons. The van der Waals surface area contributed by atoms with E-state index in [2.05, 4.69) is 69.2 Å². The van der Waals surface area contributed by atoms with E-state index in [1.807, 2.05) is 7.05 Å². The van der Waals surface area contributed by atoms with Crippen molar-refractivity contribution in [1.29, 1.82) is 0 Å². The predicted molar refractivity (Wildman–Crippen MR) is 136 cm³/mol. The minimum absolute atomic E-state index is 0. The Bertz CT molecular complexity index is 619. The quantitative estimate of drug-likeness (QED) is 0.319. The molecule has 3 rings (SSSR count). The molecule has 2 atom stereocenters. The normalized spacial score (nSPS) is 21.5. The average molecular weight is 530 g/mol. The summed E-state index contributed by atoms with van der Waals surface area (Å²) in [6.07, 6.45) is 2.27. The number of morpholine rings is 1. The van der Waals surface area contributed by atoms with Crippen LogP contribution < -0.4 is 5.32 Å². The van der Waals surface area contributed by atoms with Crippen molar-refractivity contribution < 1.29 is 4.74 Å². The number of likely N-dealkylation sites (N-methyl/N-ethyl adjacent to an activating group) is 1. The van der Waals surface area contributed by atoms with Crippen LogP contribution in [0.1, 0.15) is 25.8 Å². The molecule has 2 fully saturated rings. The summed E-state index contributed by atoms with van der Waals surface area (Å²) in [5, 5.41) is 3.70. The van der Waals surface area contributed by atoms with E-state index in [-0.39, 0.29) is 24.0 Å². The minimum atomic E-state index is 0. The van der Waals surface area contributed by atoms with Crippen molar-refractivity contribution in [2.24, 2.45) is 4.99 Å². The third kappa shape index (κ3) is 7.07. The molecule has 6 nitrogen and oxygen atoms in total. The molecule has 0 aliphatic carbocycles. The van der Waals surface area contributed by atoms with E-state index in [0.717, 1.165) is 71.4 Å². The molecule has 2 aliphatic rings. The zero-order valence-corrected chi connectivity index (χ0v) is 21.3. The summed E-state index contributed by atoms with van der Waals surface area (Å²) in [5.41, 5.74) is 1.40. The first kappa shape index (κ1) is 25.4. The molecule has 1 aromatic carbocycles. The fourth-order valence-electron chi connectivity index (χ4n) is 4.67. The number of halogens is 1. The van der Waals surface area contributed by atoms with Crippen LogP contribution >= 0.6 is 24.0 Å². The lowest BCUT2D eigenvalue weighted by Crippen LogP contribution is -2.50. The van der Waals surface area contributed by atoms with Gasteiger partial charge in [0.15, 0.2) is 5.96 Å². The van der Waals surface area contributed by atoms with Crippen molar-refractivity contribution in [2.45, 2.75) is 38.8 Å². The molecule has 0 amide bonds. The molecule has 1 N–H and O–H groups in total. The lowest BCUT2D eigenvalue weighted by Gasteiger charge is -2.33. The van der Waals surface area contributed by atoms with Crippen LogP contribution in [0.15, 0.2) is 35.3 Å². The summed E-state index contributed by atoms with van der Waals surface area (Å²) in [6.45, 7) is 13.6. The summed E-state index contributed by atoms with van der Waals surface area (Å²) in [6, 6.07) is 11.9. The van der Waals surface area contributed by atoms with Crippen molar-refractivity contribution in [3.63, 3.8) is 0 Å². The highest BCUT2D eigenvalue weighted by Crippen LogP contribution is 2.17. The highest BCUT2D eigenvalue weighted by Gasteiger charge is 2.30. The number of nitrogens with one attached hydrogen (secondary N) is 1. The van der Waals surface area contributed by atoms with Gasteiger partial charge in [-0.15, -0.1) is 24.0 Å². The van der Waals surface area contributed by atoms with Crippen LogP contribution in [0.3, 0.4) is 0 Å². The summed E-state index contributed by atoms with van der Waals surface area (Å²) in [5.74, 6) is 1.05. The van der Waals surface area contributed by atoms with E-state index in [4.69, 9.17) is 4.74 Å². The van der Waals surface area contributed by atoms with Crippen LogP contribution in [0.2, 0.25) is 0 Å². The van der Waals surface area contributed by atoms with Gasteiger partial charge in [-0.1, -0.05) is 44.2 Å². The number of hydrogen-bond acceptors (Lipinski definition) is 4. The van der Waals surface area contributed by atoms with E-state index in [9.17, 15) is 0 Å². The fourth-order valence-corrected chi connectivity index (χ4v) is 4.67. The number of hydrogen-bond donors (Lipinski definition) is 1. The molecule has 7 heteroatoms. The Morgan fingerprint density at radius 1 is 1.17 bits per heavy atom. The average Bonchev–Trinajstić information content (AvgIpc) is 3.26. The number of ether oxygens (including phenoxy) is 1. The van der Waals surface area contributed by atoms with Gasteiger partial charge in [-0.3, -0.25) is 14.8 Å². The second kappa shape index (κ2) is 13.5. The number of rotatable bonds is 8. The van der Waals surface area contributed by atoms with Crippen molar-refractivity contribution >= 4 is 29.9 Å². The maximum Gasteiger partial charge on any atom is 0.193 e.